The minimum atomic E-state index is -0.755. The number of nitrogens with one attached hydrogen (secondary N) is 1. The number of hydrogen-bond donors (Lipinski definition) is 2. The molecule has 3 aromatic carbocycles. The zero-order valence-corrected chi connectivity index (χ0v) is 18.0. The molecule has 1 aromatic heterocycles. The smallest absolute Gasteiger partial charge is 0.220 e. The molecular weight excluding hydrogens is 473 g/mol. The molecule has 4 rings (SSSR count). The normalized spacial score (nSPS) is 11.1. The van der Waals surface area contributed by atoms with Gasteiger partial charge in [-0.15, -0.1) is 0 Å². The SMILES string of the molecule is Nc1ncc2cc(-c3c(F)ccc(NSc4cc(Cl)c(Cl)cc4Cl)c3F)ccc2n1. The van der Waals surface area contributed by atoms with Crippen molar-refractivity contribution < 1.29 is 8.78 Å². The van der Waals surface area contributed by atoms with Gasteiger partial charge < -0.3 is 10.5 Å². The summed E-state index contributed by atoms with van der Waals surface area (Å²) >= 11 is 19.1. The van der Waals surface area contributed by atoms with Crippen LogP contribution in [-0.4, -0.2) is 9.97 Å². The molecular formula is C20H11Cl3F2N4S. The molecule has 0 aliphatic heterocycles. The van der Waals surface area contributed by atoms with E-state index in [0.29, 0.717) is 36.4 Å². The van der Waals surface area contributed by atoms with Crippen LogP contribution in [0.1, 0.15) is 0 Å². The van der Waals surface area contributed by atoms with Crippen LogP contribution in [0.2, 0.25) is 15.1 Å². The van der Waals surface area contributed by atoms with Gasteiger partial charge in [-0.05, 0) is 53.9 Å². The van der Waals surface area contributed by atoms with Crippen molar-refractivity contribution in [3.63, 3.8) is 0 Å². The van der Waals surface area contributed by atoms with Crippen LogP contribution >= 0.6 is 46.8 Å². The lowest BCUT2D eigenvalue weighted by atomic mass is 10.0. The van der Waals surface area contributed by atoms with Gasteiger partial charge in [0.15, 0.2) is 5.82 Å². The maximum absolute atomic E-state index is 15.2. The number of nitrogens with zero attached hydrogens (tertiary/aromatic N) is 2. The molecule has 0 fully saturated rings. The van der Waals surface area contributed by atoms with Crippen molar-refractivity contribution in [3.05, 3.63) is 75.4 Å². The van der Waals surface area contributed by atoms with Gasteiger partial charge in [0.2, 0.25) is 5.95 Å². The summed E-state index contributed by atoms with van der Waals surface area (Å²) in [4.78, 5) is 8.55. The van der Waals surface area contributed by atoms with Crippen LogP contribution in [0.4, 0.5) is 20.4 Å². The fourth-order valence-electron chi connectivity index (χ4n) is 2.79. The lowest BCUT2D eigenvalue weighted by Gasteiger charge is -2.13. The third kappa shape index (κ3) is 4.11. The van der Waals surface area contributed by atoms with E-state index in [2.05, 4.69) is 14.7 Å². The van der Waals surface area contributed by atoms with Crippen LogP contribution in [0.5, 0.6) is 0 Å². The van der Waals surface area contributed by atoms with E-state index in [4.69, 9.17) is 40.5 Å². The molecule has 3 N–H and O–H groups in total. The Bertz CT molecular complexity index is 1290. The second-order valence-electron chi connectivity index (χ2n) is 6.19. The predicted molar refractivity (Wildman–Crippen MR) is 120 cm³/mol. The van der Waals surface area contributed by atoms with Crippen molar-refractivity contribution in [3.8, 4) is 11.1 Å². The van der Waals surface area contributed by atoms with Crippen molar-refractivity contribution in [1.29, 1.82) is 0 Å². The zero-order valence-electron chi connectivity index (χ0n) is 14.9. The van der Waals surface area contributed by atoms with Gasteiger partial charge >= 0.3 is 0 Å². The Morgan fingerprint density at radius 2 is 1.70 bits per heavy atom. The lowest BCUT2D eigenvalue weighted by Crippen LogP contribution is -1.98. The largest absolute Gasteiger partial charge is 0.368 e. The Kier molecular flexibility index (Phi) is 5.88. The third-order valence-corrected chi connectivity index (χ3v) is 6.25. The van der Waals surface area contributed by atoms with Gasteiger partial charge in [-0.1, -0.05) is 40.9 Å². The monoisotopic (exact) mass is 482 g/mol. The fourth-order valence-corrected chi connectivity index (χ4v) is 4.23. The van der Waals surface area contributed by atoms with E-state index in [-0.39, 0.29) is 17.2 Å². The average molecular weight is 484 g/mol. The van der Waals surface area contributed by atoms with Gasteiger partial charge in [-0.3, -0.25) is 0 Å². The van der Waals surface area contributed by atoms with E-state index in [9.17, 15) is 4.39 Å². The molecule has 0 unspecified atom stereocenters. The van der Waals surface area contributed by atoms with Crippen molar-refractivity contribution in [2.75, 3.05) is 10.5 Å². The maximum atomic E-state index is 15.2. The van der Waals surface area contributed by atoms with Crippen LogP contribution in [0.15, 0.2) is 53.6 Å². The van der Waals surface area contributed by atoms with Crippen LogP contribution < -0.4 is 10.5 Å². The molecule has 4 aromatic rings. The number of nitrogen functional groups attached to an aromatic ring is 1. The molecule has 0 aliphatic rings. The minimum absolute atomic E-state index is 0.0761. The second kappa shape index (κ2) is 8.43. The summed E-state index contributed by atoms with van der Waals surface area (Å²) in [5.41, 5.74) is 6.38. The highest BCUT2D eigenvalue weighted by Gasteiger charge is 2.17. The molecule has 0 bridgehead atoms. The van der Waals surface area contributed by atoms with E-state index in [1.54, 1.807) is 24.3 Å². The molecule has 4 nitrogen and oxygen atoms in total. The Morgan fingerprint density at radius 1 is 0.933 bits per heavy atom. The summed E-state index contributed by atoms with van der Waals surface area (Å²) in [5.74, 6) is -1.34. The number of benzene rings is 3. The molecule has 10 heteroatoms. The molecule has 0 amide bonds. The fraction of sp³-hybridized carbons (Fsp3) is 0. The number of nitrogens with two attached hydrogens (primary N) is 1. The Labute approximate surface area is 189 Å². The average Bonchev–Trinajstić information content (AvgIpc) is 2.71. The van der Waals surface area contributed by atoms with Gasteiger partial charge in [-0.2, -0.15) is 0 Å². The molecule has 0 saturated heterocycles. The minimum Gasteiger partial charge on any atom is -0.368 e. The topological polar surface area (TPSA) is 63.8 Å². The molecule has 1 heterocycles. The van der Waals surface area contributed by atoms with Crippen LogP contribution in [0.3, 0.4) is 0 Å². The second-order valence-corrected chi connectivity index (χ2v) is 8.26. The van der Waals surface area contributed by atoms with E-state index in [1.165, 1.54) is 24.4 Å². The van der Waals surface area contributed by atoms with Gasteiger partial charge in [0.1, 0.15) is 5.82 Å². The number of anilines is 2. The molecule has 30 heavy (non-hydrogen) atoms. The number of halogens is 5. The lowest BCUT2D eigenvalue weighted by molar-refractivity contribution is 0.592. The molecule has 0 spiro atoms. The first-order valence-electron chi connectivity index (χ1n) is 8.41. The summed E-state index contributed by atoms with van der Waals surface area (Å²) in [6.07, 6.45) is 1.50. The highest BCUT2D eigenvalue weighted by molar-refractivity contribution is 8.00. The van der Waals surface area contributed by atoms with E-state index >= 15 is 4.39 Å². The highest BCUT2D eigenvalue weighted by Crippen LogP contribution is 2.37. The summed E-state index contributed by atoms with van der Waals surface area (Å²) in [7, 11) is 0. The van der Waals surface area contributed by atoms with Crippen molar-refractivity contribution in [2.45, 2.75) is 4.90 Å². The Hall–Kier alpha value is -2.32. The van der Waals surface area contributed by atoms with Gasteiger partial charge in [0, 0.05) is 16.5 Å². The first kappa shape index (κ1) is 20.9. The maximum Gasteiger partial charge on any atom is 0.220 e. The Balaban J connectivity index is 1.69. The van der Waals surface area contributed by atoms with E-state index in [1.807, 2.05) is 0 Å². The van der Waals surface area contributed by atoms with Gasteiger partial charge in [0.05, 0.1) is 31.8 Å². The highest BCUT2D eigenvalue weighted by atomic mass is 35.5. The summed E-state index contributed by atoms with van der Waals surface area (Å²) in [6.45, 7) is 0. The molecule has 152 valence electrons. The molecule has 0 saturated carbocycles. The molecule has 0 radical (unpaired) electrons. The predicted octanol–water partition coefficient (Wildman–Crippen LogP) is 7.24. The van der Waals surface area contributed by atoms with Crippen molar-refractivity contribution in [2.24, 2.45) is 0 Å². The van der Waals surface area contributed by atoms with Crippen LogP contribution in [0.25, 0.3) is 22.0 Å². The third-order valence-electron chi connectivity index (χ3n) is 4.22. The molecule has 0 aliphatic carbocycles. The zero-order chi connectivity index (χ0) is 21.4. The van der Waals surface area contributed by atoms with Crippen LogP contribution in [-0.2, 0) is 0 Å². The summed E-state index contributed by atoms with van der Waals surface area (Å²) in [6, 6.07) is 10.3. The first-order chi connectivity index (χ1) is 14.3. The van der Waals surface area contributed by atoms with Gasteiger partial charge in [-0.25, -0.2) is 18.7 Å². The number of hydrogen-bond acceptors (Lipinski definition) is 5. The quantitative estimate of drug-likeness (QED) is 0.237. The summed E-state index contributed by atoms with van der Waals surface area (Å²) < 4.78 is 32.6. The summed E-state index contributed by atoms with van der Waals surface area (Å²) in [5, 5.41) is 1.57. The van der Waals surface area contributed by atoms with Crippen LogP contribution in [0, 0.1) is 11.6 Å². The van der Waals surface area contributed by atoms with Crippen molar-refractivity contribution in [1.82, 2.24) is 9.97 Å². The van der Waals surface area contributed by atoms with E-state index in [0.717, 1.165) is 11.9 Å². The van der Waals surface area contributed by atoms with E-state index < -0.39 is 11.6 Å². The number of fused-ring (bicyclic) bond motifs is 1. The number of rotatable bonds is 4. The first-order valence-corrected chi connectivity index (χ1v) is 10.4. The van der Waals surface area contributed by atoms with Gasteiger partial charge in [0.25, 0.3) is 0 Å². The molecule has 0 atom stereocenters. The standard InChI is InChI=1S/C20H11Cl3F2N4S/c21-11-6-13(23)17(7-12(11)22)30-29-16-4-2-14(24)18(19(16)25)9-1-3-15-10(5-9)8-27-20(26)28-15/h1-8,29H,(H2,26,27,28). The number of aromatic nitrogens is 2. The van der Waals surface area contributed by atoms with Crippen molar-refractivity contribution >= 4 is 69.3 Å². The Morgan fingerprint density at radius 3 is 2.50 bits per heavy atom.